The van der Waals surface area contributed by atoms with Crippen molar-refractivity contribution in [3.63, 3.8) is 0 Å². The van der Waals surface area contributed by atoms with Crippen LogP contribution in [0.25, 0.3) is 10.2 Å². The second-order valence-electron chi connectivity index (χ2n) is 4.09. The molecule has 0 unspecified atom stereocenters. The van der Waals surface area contributed by atoms with Crippen molar-refractivity contribution in [3.05, 3.63) is 51.6 Å². The summed E-state index contributed by atoms with van der Waals surface area (Å²) in [5.74, 6) is -0.732. The van der Waals surface area contributed by atoms with E-state index in [2.05, 4.69) is 15.0 Å². The molecule has 0 amide bonds. The maximum absolute atomic E-state index is 11.8. The Morgan fingerprint density at radius 1 is 1.43 bits per heavy atom. The van der Waals surface area contributed by atoms with Gasteiger partial charge in [-0.1, -0.05) is 0 Å². The minimum Gasteiger partial charge on any atom is -0.483 e. The number of nitrogens with zero attached hydrogens (tertiary/aromatic N) is 2. The Kier molecular flexibility index (Phi) is 3.36. The quantitative estimate of drug-likeness (QED) is 0.759. The summed E-state index contributed by atoms with van der Waals surface area (Å²) < 4.78 is 5.94. The highest BCUT2D eigenvalue weighted by atomic mass is 32.1. The fourth-order valence-corrected chi connectivity index (χ4v) is 2.53. The van der Waals surface area contributed by atoms with Crippen molar-refractivity contribution in [2.45, 2.75) is 6.61 Å². The summed E-state index contributed by atoms with van der Waals surface area (Å²) in [6.07, 6.45) is 1.37. The van der Waals surface area contributed by atoms with Gasteiger partial charge in [0.1, 0.15) is 17.1 Å². The zero-order chi connectivity index (χ0) is 14.8. The highest BCUT2D eigenvalue weighted by Crippen LogP contribution is 2.17. The fourth-order valence-electron chi connectivity index (χ4n) is 1.80. The zero-order valence-electron chi connectivity index (χ0n) is 10.6. The van der Waals surface area contributed by atoms with E-state index >= 15 is 0 Å². The largest absolute Gasteiger partial charge is 0.483 e. The molecule has 0 radical (unpaired) electrons. The Hall–Kier alpha value is -2.74. The molecule has 0 aliphatic heterocycles. The fraction of sp³-hybridized carbons (Fsp3) is 0.0769. The third-order valence-corrected chi connectivity index (χ3v) is 3.60. The number of hydrogen-bond acceptors (Lipinski definition) is 6. The highest BCUT2D eigenvalue weighted by Gasteiger charge is 2.13. The van der Waals surface area contributed by atoms with E-state index in [9.17, 15) is 9.59 Å². The van der Waals surface area contributed by atoms with Gasteiger partial charge in [-0.05, 0) is 23.6 Å². The molecule has 3 aromatic rings. The summed E-state index contributed by atoms with van der Waals surface area (Å²) in [6, 6.07) is 4.81. The van der Waals surface area contributed by atoms with Crippen molar-refractivity contribution in [1.29, 1.82) is 0 Å². The van der Waals surface area contributed by atoms with Gasteiger partial charge in [0.25, 0.3) is 5.56 Å². The van der Waals surface area contributed by atoms with Crippen LogP contribution in [0.15, 0.2) is 34.6 Å². The molecule has 106 valence electrons. The third kappa shape index (κ3) is 2.61. The normalized spacial score (nSPS) is 10.7. The van der Waals surface area contributed by atoms with Gasteiger partial charge >= 0.3 is 5.97 Å². The van der Waals surface area contributed by atoms with E-state index < -0.39 is 5.97 Å². The van der Waals surface area contributed by atoms with Crippen LogP contribution in [0.4, 0.5) is 0 Å². The van der Waals surface area contributed by atoms with Crippen LogP contribution in [-0.2, 0) is 6.61 Å². The average molecular weight is 303 g/mol. The molecule has 8 heteroatoms. The molecule has 0 atom stereocenters. The van der Waals surface area contributed by atoms with Crippen molar-refractivity contribution < 1.29 is 14.6 Å². The second-order valence-corrected chi connectivity index (χ2v) is 5.01. The molecular weight excluding hydrogens is 294 g/mol. The van der Waals surface area contributed by atoms with Crippen LogP contribution in [0, 0.1) is 0 Å². The molecule has 0 aromatic carbocycles. The number of aromatic nitrogens is 3. The Morgan fingerprint density at radius 3 is 3.10 bits per heavy atom. The van der Waals surface area contributed by atoms with E-state index in [-0.39, 0.29) is 23.6 Å². The standard InChI is InChI=1S/C13H9N3O4S/c17-12-11-7(3-5-21-11)15-9(16-12)6-20-8-2-1-4-14-10(8)13(18)19/h1-5H,6H2,(H,18,19)(H,15,16,17). The average Bonchev–Trinajstić information content (AvgIpc) is 2.94. The number of carbonyl (C=O) groups is 1. The molecule has 3 aromatic heterocycles. The number of H-pyrrole nitrogens is 1. The summed E-state index contributed by atoms with van der Waals surface area (Å²) >= 11 is 1.31. The lowest BCUT2D eigenvalue weighted by Crippen LogP contribution is -2.13. The first-order valence-electron chi connectivity index (χ1n) is 5.92. The number of fused-ring (bicyclic) bond motifs is 1. The molecular formula is C13H9N3O4S. The third-order valence-electron chi connectivity index (χ3n) is 2.70. The number of rotatable bonds is 4. The van der Waals surface area contributed by atoms with Gasteiger partial charge in [-0.3, -0.25) is 4.79 Å². The van der Waals surface area contributed by atoms with E-state index in [4.69, 9.17) is 9.84 Å². The SMILES string of the molecule is O=C(O)c1ncccc1OCc1nc2ccsc2c(=O)[nH]1. The van der Waals surface area contributed by atoms with Crippen LogP contribution in [0.1, 0.15) is 16.3 Å². The van der Waals surface area contributed by atoms with Gasteiger partial charge < -0.3 is 14.8 Å². The Bertz CT molecular complexity index is 871. The summed E-state index contributed by atoms with van der Waals surface area (Å²) in [4.78, 5) is 33.4. The molecule has 0 aliphatic rings. The van der Waals surface area contributed by atoms with Gasteiger partial charge in [0.05, 0.1) is 5.52 Å². The number of ether oxygens (including phenoxy) is 1. The van der Waals surface area contributed by atoms with Crippen LogP contribution >= 0.6 is 11.3 Å². The molecule has 21 heavy (non-hydrogen) atoms. The first-order chi connectivity index (χ1) is 10.1. The molecule has 0 saturated heterocycles. The van der Waals surface area contributed by atoms with Crippen molar-refractivity contribution in [3.8, 4) is 5.75 Å². The predicted molar refractivity (Wildman–Crippen MR) is 75.8 cm³/mol. The van der Waals surface area contributed by atoms with Crippen molar-refractivity contribution in [1.82, 2.24) is 15.0 Å². The van der Waals surface area contributed by atoms with Crippen LogP contribution in [0.3, 0.4) is 0 Å². The van der Waals surface area contributed by atoms with Crippen LogP contribution < -0.4 is 10.3 Å². The lowest BCUT2D eigenvalue weighted by Gasteiger charge is -2.07. The minimum absolute atomic E-state index is 0.0486. The second kappa shape index (κ2) is 5.33. The molecule has 3 heterocycles. The smallest absolute Gasteiger partial charge is 0.358 e. The van der Waals surface area contributed by atoms with Crippen molar-refractivity contribution >= 4 is 27.5 Å². The highest BCUT2D eigenvalue weighted by molar-refractivity contribution is 7.17. The number of carboxylic acid groups (broad SMARTS) is 1. The van der Waals surface area contributed by atoms with Crippen molar-refractivity contribution in [2.75, 3.05) is 0 Å². The Balaban J connectivity index is 1.87. The summed E-state index contributed by atoms with van der Waals surface area (Å²) in [7, 11) is 0. The molecule has 0 aliphatic carbocycles. The van der Waals surface area contributed by atoms with Crippen LogP contribution in [0.5, 0.6) is 5.75 Å². The number of thiophene rings is 1. The minimum atomic E-state index is -1.18. The predicted octanol–water partition coefficient (Wildman–Crippen LogP) is 1.66. The maximum Gasteiger partial charge on any atom is 0.358 e. The van der Waals surface area contributed by atoms with Gasteiger partial charge in [-0.15, -0.1) is 11.3 Å². The zero-order valence-corrected chi connectivity index (χ0v) is 11.4. The van der Waals surface area contributed by atoms with Crippen molar-refractivity contribution in [2.24, 2.45) is 0 Å². The number of pyridine rings is 1. The van der Waals surface area contributed by atoms with Crippen LogP contribution in [-0.4, -0.2) is 26.0 Å². The molecule has 0 spiro atoms. The van der Waals surface area contributed by atoms with Gasteiger partial charge in [-0.2, -0.15) is 0 Å². The maximum atomic E-state index is 11.8. The molecule has 7 nitrogen and oxygen atoms in total. The number of aromatic amines is 1. The Morgan fingerprint density at radius 2 is 2.29 bits per heavy atom. The van der Waals surface area contributed by atoms with Gasteiger partial charge in [-0.25, -0.2) is 14.8 Å². The van der Waals surface area contributed by atoms with E-state index in [1.807, 2.05) is 0 Å². The number of hydrogen-bond donors (Lipinski definition) is 2. The summed E-state index contributed by atoms with van der Waals surface area (Å²) in [6.45, 7) is -0.0486. The van der Waals surface area contributed by atoms with E-state index in [1.54, 1.807) is 17.5 Å². The van der Waals surface area contributed by atoms with Gasteiger partial charge in [0.2, 0.25) is 0 Å². The lowest BCUT2D eigenvalue weighted by atomic mass is 10.3. The van der Waals surface area contributed by atoms with Crippen LogP contribution in [0.2, 0.25) is 0 Å². The first-order valence-corrected chi connectivity index (χ1v) is 6.80. The number of aromatic carboxylic acids is 1. The van der Waals surface area contributed by atoms with E-state index in [0.717, 1.165) is 0 Å². The molecule has 0 fully saturated rings. The molecule has 0 bridgehead atoms. The summed E-state index contributed by atoms with van der Waals surface area (Å²) in [5, 5.41) is 10.8. The van der Waals surface area contributed by atoms with E-state index in [0.29, 0.717) is 16.0 Å². The number of nitrogens with one attached hydrogen (secondary N) is 1. The lowest BCUT2D eigenvalue weighted by molar-refractivity contribution is 0.0684. The Labute approximate surface area is 121 Å². The molecule has 0 saturated carbocycles. The van der Waals surface area contributed by atoms with Gasteiger partial charge in [0.15, 0.2) is 11.4 Å². The topological polar surface area (TPSA) is 105 Å². The summed E-state index contributed by atoms with van der Waals surface area (Å²) in [5.41, 5.74) is 0.168. The monoisotopic (exact) mass is 303 g/mol. The van der Waals surface area contributed by atoms with E-state index in [1.165, 1.54) is 23.6 Å². The first kappa shape index (κ1) is 13.3. The molecule has 2 N–H and O–H groups in total. The van der Waals surface area contributed by atoms with Gasteiger partial charge in [0, 0.05) is 6.20 Å². The molecule has 3 rings (SSSR count). The number of carboxylic acids is 1.